The lowest BCUT2D eigenvalue weighted by Crippen LogP contribution is -2.02. The van der Waals surface area contributed by atoms with E-state index in [1.807, 2.05) is 0 Å². The van der Waals surface area contributed by atoms with Crippen molar-refractivity contribution in [2.75, 3.05) is 0 Å². The second-order valence-electron chi connectivity index (χ2n) is 4.72. The summed E-state index contributed by atoms with van der Waals surface area (Å²) >= 11 is 0. The zero-order valence-electron chi connectivity index (χ0n) is 11.4. The van der Waals surface area contributed by atoms with Crippen LogP contribution in [0.2, 0.25) is 0 Å². The topological polar surface area (TPSA) is 89.7 Å². The number of unbranched alkanes of at least 4 members (excludes halogenated alkanes) is 2. The van der Waals surface area contributed by atoms with Crippen LogP contribution in [-0.4, -0.2) is 15.9 Å². The smallest absolute Gasteiger partial charge is 0.316 e. The van der Waals surface area contributed by atoms with Crippen molar-refractivity contribution in [2.24, 2.45) is 0 Å². The van der Waals surface area contributed by atoms with Crippen LogP contribution in [-0.2, 0) is 15.5 Å². The van der Waals surface area contributed by atoms with Gasteiger partial charge < -0.3 is 9.42 Å². The third kappa shape index (κ3) is 6.80. The van der Waals surface area contributed by atoms with E-state index >= 15 is 0 Å². The van der Waals surface area contributed by atoms with Crippen molar-refractivity contribution in [3.05, 3.63) is 39.9 Å². The predicted octanol–water partition coefficient (Wildman–Crippen LogP) is 3.48. The molecule has 0 saturated carbocycles. The first-order valence-corrected chi connectivity index (χ1v) is 7.88. The van der Waals surface area contributed by atoms with Crippen molar-refractivity contribution in [1.29, 1.82) is 0 Å². The Kier molecular flexibility index (Phi) is 7.44. The van der Waals surface area contributed by atoms with Crippen molar-refractivity contribution in [2.45, 2.75) is 45.1 Å². The number of nitrogens with zero attached hydrogens (tertiary/aromatic N) is 1. The average Bonchev–Trinajstić information content (AvgIpc) is 2.38. The summed E-state index contributed by atoms with van der Waals surface area (Å²) in [5.74, 6) is 0. The lowest BCUT2D eigenvalue weighted by Gasteiger charge is -2.09. The van der Waals surface area contributed by atoms with Gasteiger partial charge in [-0.15, -0.1) is 0 Å². The van der Waals surface area contributed by atoms with Gasteiger partial charge in [0.2, 0.25) is 0 Å². The normalized spacial score (nSPS) is 13.9. The number of hydrogen-bond acceptors (Lipinski definition) is 4. The molecule has 20 heavy (non-hydrogen) atoms. The summed E-state index contributed by atoms with van der Waals surface area (Å²) in [5, 5.41) is 10.5. The molecule has 1 aromatic rings. The van der Waals surface area contributed by atoms with Gasteiger partial charge in [0.1, 0.15) is 0 Å². The second kappa shape index (κ2) is 8.84. The molecule has 0 bridgehead atoms. The molecule has 0 aliphatic carbocycles. The quantitative estimate of drug-likeness (QED) is 0.326. The molecule has 1 N–H and O–H groups in total. The summed E-state index contributed by atoms with van der Waals surface area (Å²) in [4.78, 5) is 18.7. The lowest BCUT2D eigenvalue weighted by molar-refractivity contribution is -0.384. The van der Waals surface area contributed by atoms with Crippen LogP contribution in [0.3, 0.4) is 0 Å². The molecule has 2 atom stereocenters. The molecule has 2 unspecified atom stereocenters. The van der Waals surface area contributed by atoms with E-state index in [4.69, 9.17) is 9.42 Å². The number of nitro benzene ring substituents is 1. The maximum Gasteiger partial charge on any atom is 0.316 e. The standard InChI is InChI=1S/C13H20NO5P/c1-11(19-20(17)18)5-3-2-4-6-12-7-9-13(10-8-12)14(15)16/h7-11,20H,2-6H2,1H3,(H,17,18). The van der Waals surface area contributed by atoms with E-state index in [-0.39, 0.29) is 11.8 Å². The van der Waals surface area contributed by atoms with Crippen molar-refractivity contribution in [3.8, 4) is 0 Å². The van der Waals surface area contributed by atoms with Gasteiger partial charge in [-0.2, -0.15) is 0 Å². The lowest BCUT2D eigenvalue weighted by atomic mass is 10.0. The van der Waals surface area contributed by atoms with Crippen LogP contribution in [0.15, 0.2) is 24.3 Å². The Morgan fingerprint density at radius 2 is 1.95 bits per heavy atom. The van der Waals surface area contributed by atoms with Gasteiger partial charge in [0.25, 0.3) is 5.69 Å². The van der Waals surface area contributed by atoms with Crippen LogP contribution >= 0.6 is 8.25 Å². The molecule has 0 saturated heterocycles. The van der Waals surface area contributed by atoms with Gasteiger partial charge in [0.15, 0.2) is 0 Å². The van der Waals surface area contributed by atoms with Crippen molar-refractivity contribution < 1.29 is 18.9 Å². The molecular formula is C13H20NO5P. The van der Waals surface area contributed by atoms with Gasteiger partial charge >= 0.3 is 8.25 Å². The minimum atomic E-state index is -2.83. The Balaban J connectivity index is 2.18. The zero-order chi connectivity index (χ0) is 15.0. The molecule has 1 aromatic carbocycles. The molecule has 0 radical (unpaired) electrons. The third-order valence-corrected chi connectivity index (χ3v) is 3.63. The molecule has 0 aliphatic heterocycles. The van der Waals surface area contributed by atoms with Gasteiger partial charge in [-0.25, -0.2) is 0 Å². The molecule has 0 heterocycles. The van der Waals surface area contributed by atoms with Crippen LogP contribution < -0.4 is 0 Å². The summed E-state index contributed by atoms with van der Waals surface area (Å²) in [5.41, 5.74) is 1.19. The zero-order valence-corrected chi connectivity index (χ0v) is 12.4. The van der Waals surface area contributed by atoms with E-state index < -0.39 is 13.2 Å². The van der Waals surface area contributed by atoms with Crippen LogP contribution in [0.1, 0.15) is 38.2 Å². The Morgan fingerprint density at radius 3 is 2.50 bits per heavy atom. The van der Waals surface area contributed by atoms with Crippen molar-refractivity contribution >= 4 is 13.9 Å². The highest BCUT2D eigenvalue weighted by Gasteiger charge is 2.05. The summed E-state index contributed by atoms with van der Waals surface area (Å²) in [6.45, 7) is 1.79. The van der Waals surface area contributed by atoms with Gasteiger partial charge in [-0.05, 0) is 31.7 Å². The highest BCUT2D eigenvalue weighted by atomic mass is 31.1. The average molecular weight is 301 g/mol. The molecular weight excluding hydrogens is 281 g/mol. The predicted molar refractivity (Wildman–Crippen MR) is 77.0 cm³/mol. The van der Waals surface area contributed by atoms with E-state index in [0.717, 1.165) is 37.7 Å². The van der Waals surface area contributed by atoms with Crippen molar-refractivity contribution in [1.82, 2.24) is 0 Å². The van der Waals surface area contributed by atoms with Crippen LogP contribution in [0, 0.1) is 10.1 Å². The summed E-state index contributed by atoms with van der Waals surface area (Å²) in [6.07, 6.45) is 4.37. The first-order valence-electron chi connectivity index (χ1n) is 6.62. The van der Waals surface area contributed by atoms with Gasteiger partial charge in [-0.3, -0.25) is 14.7 Å². The number of hydrogen-bond donors (Lipinski definition) is 1. The maximum absolute atomic E-state index is 10.5. The fraction of sp³-hybridized carbons (Fsp3) is 0.538. The number of aryl methyl sites for hydroxylation is 1. The van der Waals surface area contributed by atoms with E-state index in [1.165, 1.54) is 12.1 Å². The molecule has 0 aromatic heterocycles. The Bertz CT molecular complexity index is 449. The summed E-state index contributed by atoms with van der Waals surface area (Å²) in [7, 11) is -2.83. The van der Waals surface area contributed by atoms with E-state index in [1.54, 1.807) is 19.1 Å². The number of rotatable bonds is 9. The monoisotopic (exact) mass is 301 g/mol. The molecule has 7 heteroatoms. The molecule has 0 fully saturated rings. The fourth-order valence-electron chi connectivity index (χ4n) is 1.95. The molecule has 0 amide bonds. The largest absolute Gasteiger partial charge is 0.326 e. The number of benzene rings is 1. The van der Waals surface area contributed by atoms with E-state index in [9.17, 15) is 14.7 Å². The Labute approximate surface area is 118 Å². The first-order chi connectivity index (χ1) is 9.49. The fourth-order valence-corrected chi connectivity index (χ4v) is 2.42. The number of nitro groups is 1. The first kappa shape index (κ1) is 16.8. The molecule has 112 valence electrons. The SMILES string of the molecule is CC(CCCCCc1ccc([N+](=O)[O-])cc1)O[PH](=O)O. The highest BCUT2D eigenvalue weighted by Crippen LogP contribution is 2.21. The van der Waals surface area contributed by atoms with E-state index in [2.05, 4.69) is 0 Å². The number of non-ortho nitro benzene ring substituents is 1. The minimum absolute atomic E-state index is 0.110. The van der Waals surface area contributed by atoms with Gasteiger partial charge in [0.05, 0.1) is 11.0 Å². The van der Waals surface area contributed by atoms with Crippen molar-refractivity contribution in [3.63, 3.8) is 0 Å². The van der Waals surface area contributed by atoms with E-state index in [0.29, 0.717) is 0 Å². The highest BCUT2D eigenvalue weighted by molar-refractivity contribution is 7.32. The summed E-state index contributed by atoms with van der Waals surface area (Å²) in [6, 6.07) is 6.60. The van der Waals surface area contributed by atoms with Crippen LogP contribution in [0.5, 0.6) is 0 Å². The molecule has 0 spiro atoms. The van der Waals surface area contributed by atoms with Gasteiger partial charge in [-0.1, -0.05) is 25.0 Å². The minimum Gasteiger partial charge on any atom is -0.326 e. The van der Waals surface area contributed by atoms with Crippen LogP contribution in [0.25, 0.3) is 0 Å². The van der Waals surface area contributed by atoms with Gasteiger partial charge in [0, 0.05) is 12.1 Å². The summed E-state index contributed by atoms with van der Waals surface area (Å²) < 4.78 is 15.3. The molecule has 1 rings (SSSR count). The van der Waals surface area contributed by atoms with Crippen LogP contribution in [0.4, 0.5) is 5.69 Å². The third-order valence-electron chi connectivity index (χ3n) is 3.03. The second-order valence-corrected chi connectivity index (χ2v) is 5.48. The molecule has 6 nitrogen and oxygen atoms in total. The Hall–Kier alpha value is -1.23. The Morgan fingerprint density at radius 1 is 1.30 bits per heavy atom. The molecule has 0 aliphatic rings. The maximum atomic E-state index is 10.5.